The van der Waals surface area contributed by atoms with Gasteiger partial charge in [-0.05, 0) is 18.1 Å². The average Bonchev–Trinajstić information content (AvgIpc) is 2.19. The first kappa shape index (κ1) is 13.1. The summed E-state index contributed by atoms with van der Waals surface area (Å²) in [6.45, 7) is 1.90. The van der Waals surface area contributed by atoms with E-state index >= 15 is 0 Å². The quantitative estimate of drug-likeness (QED) is 0.814. The molecule has 0 saturated carbocycles. The Morgan fingerprint density at radius 1 is 1.38 bits per heavy atom. The number of aryl methyl sites for hydroxylation is 1. The molecule has 0 unspecified atom stereocenters. The lowest BCUT2D eigenvalue weighted by atomic mass is 10.1. The van der Waals surface area contributed by atoms with Crippen LogP contribution in [0.3, 0.4) is 0 Å². The maximum absolute atomic E-state index is 11.7. The van der Waals surface area contributed by atoms with Crippen molar-refractivity contribution in [2.75, 3.05) is 5.75 Å². The van der Waals surface area contributed by atoms with Crippen molar-refractivity contribution in [2.24, 2.45) is 5.73 Å². The lowest BCUT2D eigenvalue weighted by Gasteiger charge is -2.06. The fourth-order valence-electron chi connectivity index (χ4n) is 1.34. The molecule has 1 aromatic rings. The Morgan fingerprint density at radius 2 is 2.00 bits per heavy atom. The van der Waals surface area contributed by atoms with Crippen molar-refractivity contribution < 1.29 is 8.42 Å². The minimum absolute atomic E-state index is 0.0245. The minimum Gasteiger partial charge on any atom is -0.393 e. The molecule has 0 heterocycles. The molecule has 0 spiro atoms. The first-order valence-corrected chi connectivity index (χ1v) is 7.17. The Hall–Kier alpha value is -0.940. The summed E-state index contributed by atoms with van der Waals surface area (Å²) in [5.41, 5.74) is 7.12. The fourth-order valence-corrected chi connectivity index (χ4v) is 3.04. The largest absolute Gasteiger partial charge is 0.393 e. The first-order chi connectivity index (χ1) is 7.41. The van der Waals surface area contributed by atoms with Crippen LogP contribution in [0.25, 0.3) is 0 Å². The van der Waals surface area contributed by atoms with Gasteiger partial charge in [0.1, 0.15) is 0 Å². The summed E-state index contributed by atoms with van der Waals surface area (Å²) in [6, 6.07) is 7.46. The molecular formula is C11H15NO2S2. The van der Waals surface area contributed by atoms with Gasteiger partial charge in [-0.2, -0.15) is 0 Å². The minimum atomic E-state index is -3.12. The van der Waals surface area contributed by atoms with E-state index in [-0.39, 0.29) is 22.9 Å². The standard InChI is InChI=1S/C11H15NO2S2/c1-9-4-2-3-5-10(9)8-16(13,14)7-6-11(12)15/h2-5H,6-8H2,1H3,(H2,12,15). The zero-order chi connectivity index (χ0) is 12.2. The van der Waals surface area contributed by atoms with Crippen LogP contribution in [-0.2, 0) is 15.6 Å². The van der Waals surface area contributed by atoms with Gasteiger partial charge in [0, 0.05) is 6.42 Å². The number of rotatable bonds is 5. The van der Waals surface area contributed by atoms with Crippen LogP contribution in [0.1, 0.15) is 17.5 Å². The topological polar surface area (TPSA) is 60.2 Å². The Bertz CT molecular complexity index is 481. The predicted octanol–water partition coefficient (Wildman–Crippen LogP) is 1.59. The number of hydrogen-bond acceptors (Lipinski definition) is 3. The van der Waals surface area contributed by atoms with E-state index in [0.29, 0.717) is 0 Å². The van der Waals surface area contributed by atoms with Crippen molar-refractivity contribution in [3.05, 3.63) is 35.4 Å². The van der Waals surface area contributed by atoms with Crippen molar-refractivity contribution in [1.82, 2.24) is 0 Å². The molecule has 5 heteroatoms. The Kier molecular flexibility index (Phi) is 4.44. The molecule has 1 rings (SSSR count). The van der Waals surface area contributed by atoms with Gasteiger partial charge in [0.15, 0.2) is 9.84 Å². The van der Waals surface area contributed by atoms with E-state index in [4.69, 9.17) is 5.73 Å². The van der Waals surface area contributed by atoms with Crippen LogP contribution in [0.15, 0.2) is 24.3 Å². The second kappa shape index (κ2) is 5.41. The first-order valence-electron chi connectivity index (χ1n) is 4.94. The van der Waals surface area contributed by atoms with Gasteiger partial charge in [-0.3, -0.25) is 0 Å². The maximum atomic E-state index is 11.7. The van der Waals surface area contributed by atoms with E-state index < -0.39 is 9.84 Å². The van der Waals surface area contributed by atoms with E-state index in [1.807, 2.05) is 31.2 Å². The highest BCUT2D eigenvalue weighted by atomic mass is 32.2. The van der Waals surface area contributed by atoms with E-state index in [2.05, 4.69) is 12.2 Å². The van der Waals surface area contributed by atoms with E-state index in [1.54, 1.807) is 0 Å². The van der Waals surface area contributed by atoms with Crippen molar-refractivity contribution in [1.29, 1.82) is 0 Å². The molecule has 88 valence electrons. The lowest BCUT2D eigenvalue weighted by molar-refractivity contribution is 0.595. The summed E-state index contributed by atoms with van der Waals surface area (Å²) >= 11 is 4.67. The van der Waals surface area contributed by atoms with Gasteiger partial charge >= 0.3 is 0 Å². The molecule has 0 aliphatic carbocycles. The molecule has 0 aliphatic rings. The molecule has 0 atom stereocenters. The molecular weight excluding hydrogens is 242 g/mol. The van der Waals surface area contributed by atoms with Crippen molar-refractivity contribution in [3.63, 3.8) is 0 Å². The second-order valence-electron chi connectivity index (χ2n) is 3.73. The summed E-state index contributed by atoms with van der Waals surface area (Å²) in [5.74, 6) is 0.0823. The van der Waals surface area contributed by atoms with E-state index in [1.165, 1.54) is 0 Å². The van der Waals surface area contributed by atoms with Crippen molar-refractivity contribution in [3.8, 4) is 0 Å². The molecule has 0 bridgehead atoms. The summed E-state index contributed by atoms with van der Waals surface area (Å²) in [4.78, 5) is 0.244. The zero-order valence-electron chi connectivity index (χ0n) is 9.14. The van der Waals surface area contributed by atoms with Gasteiger partial charge in [0.05, 0.1) is 16.5 Å². The number of hydrogen-bond donors (Lipinski definition) is 1. The molecule has 2 N–H and O–H groups in total. The number of benzene rings is 1. The van der Waals surface area contributed by atoms with E-state index in [0.717, 1.165) is 11.1 Å². The number of sulfone groups is 1. The monoisotopic (exact) mass is 257 g/mol. The molecule has 16 heavy (non-hydrogen) atoms. The highest BCUT2D eigenvalue weighted by Gasteiger charge is 2.13. The molecule has 0 aliphatic heterocycles. The van der Waals surface area contributed by atoms with Gasteiger partial charge in [0.2, 0.25) is 0 Å². The Balaban J connectivity index is 2.73. The predicted molar refractivity (Wildman–Crippen MR) is 70.1 cm³/mol. The SMILES string of the molecule is Cc1ccccc1CS(=O)(=O)CCC(N)=S. The summed E-state index contributed by atoms with van der Waals surface area (Å²) in [7, 11) is -3.12. The number of nitrogens with two attached hydrogens (primary N) is 1. The lowest BCUT2D eigenvalue weighted by Crippen LogP contribution is -2.17. The zero-order valence-corrected chi connectivity index (χ0v) is 10.8. The molecule has 1 aromatic carbocycles. The highest BCUT2D eigenvalue weighted by Crippen LogP contribution is 2.12. The fraction of sp³-hybridized carbons (Fsp3) is 0.364. The van der Waals surface area contributed by atoms with Crippen LogP contribution in [-0.4, -0.2) is 19.2 Å². The highest BCUT2D eigenvalue weighted by molar-refractivity contribution is 7.90. The van der Waals surface area contributed by atoms with Gasteiger partial charge in [-0.15, -0.1) is 0 Å². The van der Waals surface area contributed by atoms with Gasteiger partial charge < -0.3 is 5.73 Å². The summed E-state index contributed by atoms with van der Waals surface area (Å²) in [6.07, 6.45) is 0.254. The smallest absolute Gasteiger partial charge is 0.154 e. The molecule has 0 fully saturated rings. The van der Waals surface area contributed by atoms with Gasteiger partial charge in [-0.1, -0.05) is 36.5 Å². The van der Waals surface area contributed by atoms with E-state index in [9.17, 15) is 8.42 Å². The molecule has 0 aromatic heterocycles. The molecule has 0 amide bonds. The second-order valence-corrected chi connectivity index (χ2v) is 6.44. The average molecular weight is 257 g/mol. The molecule has 3 nitrogen and oxygen atoms in total. The van der Waals surface area contributed by atoms with Gasteiger partial charge in [0.25, 0.3) is 0 Å². The molecule has 0 saturated heterocycles. The Labute approximate surface area is 102 Å². The summed E-state index contributed by atoms with van der Waals surface area (Å²) < 4.78 is 23.5. The molecule has 0 radical (unpaired) electrons. The number of thiocarbonyl (C=S) groups is 1. The normalized spacial score (nSPS) is 11.3. The van der Waals surface area contributed by atoms with Crippen LogP contribution in [0.2, 0.25) is 0 Å². The third-order valence-corrected chi connectivity index (χ3v) is 4.08. The van der Waals surface area contributed by atoms with Crippen LogP contribution < -0.4 is 5.73 Å². The van der Waals surface area contributed by atoms with Crippen LogP contribution in [0.4, 0.5) is 0 Å². The Morgan fingerprint density at radius 3 is 2.56 bits per heavy atom. The van der Waals surface area contributed by atoms with Gasteiger partial charge in [-0.25, -0.2) is 8.42 Å². The third kappa shape index (κ3) is 4.28. The summed E-state index contributed by atoms with van der Waals surface area (Å²) in [5, 5.41) is 0. The van der Waals surface area contributed by atoms with Crippen LogP contribution >= 0.6 is 12.2 Å². The van der Waals surface area contributed by atoms with Crippen molar-refractivity contribution in [2.45, 2.75) is 19.1 Å². The van der Waals surface area contributed by atoms with Crippen LogP contribution in [0, 0.1) is 6.92 Å². The van der Waals surface area contributed by atoms with Crippen molar-refractivity contribution >= 4 is 27.0 Å². The maximum Gasteiger partial charge on any atom is 0.154 e. The third-order valence-electron chi connectivity index (χ3n) is 2.30. The van der Waals surface area contributed by atoms with Crippen LogP contribution in [0.5, 0.6) is 0 Å².